The quantitative estimate of drug-likeness (QED) is 0.360. The summed E-state index contributed by atoms with van der Waals surface area (Å²) < 4.78 is 0. The average Bonchev–Trinajstić information content (AvgIpc) is 2.60. The fourth-order valence-electron chi connectivity index (χ4n) is 1.99. The highest BCUT2D eigenvalue weighted by Gasteiger charge is 2.20. The molecular formula is C14H22N4O6. The fourth-order valence-corrected chi connectivity index (χ4v) is 1.99. The lowest BCUT2D eigenvalue weighted by Crippen LogP contribution is -2.37. The molecule has 0 bridgehead atoms. The van der Waals surface area contributed by atoms with Crippen molar-refractivity contribution < 1.29 is 30.0 Å². The number of amides is 2. The third kappa shape index (κ3) is 5.49. The van der Waals surface area contributed by atoms with Gasteiger partial charge >= 0.3 is 0 Å². The first-order chi connectivity index (χ1) is 11.6. The zero-order chi connectivity index (χ0) is 17.9. The molecule has 2 amide bonds. The van der Waals surface area contributed by atoms with Gasteiger partial charge in [-0.05, 0) is 0 Å². The van der Waals surface area contributed by atoms with Crippen LogP contribution in [0.25, 0.3) is 0 Å². The maximum absolute atomic E-state index is 12.2. The maximum Gasteiger partial charge on any atom is 0.274 e. The van der Waals surface area contributed by atoms with Crippen LogP contribution in [0.2, 0.25) is 0 Å². The Kier molecular flexibility index (Phi) is 8.79. The summed E-state index contributed by atoms with van der Waals surface area (Å²) >= 11 is 0. The summed E-state index contributed by atoms with van der Waals surface area (Å²) in [6.45, 7) is -0.851. The van der Waals surface area contributed by atoms with E-state index >= 15 is 0 Å². The number of carbonyl (C=O) groups is 2. The Hall–Kier alpha value is -2.14. The molecule has 1 heterocycles. The molecule has 0 aliphatic heterocycles. The summed E-state index contributed by atoms with van der Waals surface area (Å²) in [4.78, 5) is 34.6. The standard InChI is InChI=1S/C14H22N4O6/c19-5-1-17(2-6-20)13(23)11-9-16-12(10-15-11)14(24)18(3-7-21)4-8-22/h9-10,19-22H,1-8H2. The molecule has 4 N–H and O–H groups in total. The molecule has 0 spiro atoms. The summed E-state index contributed by atoms with van der Waals surface area (Å²) in [5, 5.41) is 35.7. The topological polar surface area (TPSA) is 147 Å². The van der Waals surface area contributed by atoms with Crippen LogP contribution < -0.4 is 0 Å². The first-order valence-electron chi connectivity index (χ1n) is 7.43. The van der Waals surface area contributed by atoms with E-state index in [4.69, 9.17) is 20.4 Å². The van der Waals surface area contributed by atoms with Gasteiger partial charge in [-0.1, -0.05) is 0 Å². The van der Waals surface area contributed by atoms with Crippen molar-refractivity contribution in [2.24, 2.45) is 0 Å². The summed E-state index contributed by atoms with van der Waals surface area (Å²) in [7, 11) is 0. The highest BCUT2D eigenvalue weighted by Crippen LogP contribution is 2.04. The molecule has 0 aliphatic carbocycles. The van der Waals surface area contributed by atoms with Crippen LogP contribution in [-0.4, -0.2) is 105 Å². The van der Waals surface area contributed by atoms with Crippen LogP contribution in [0.3, 0.4) is 0 Å². The van der Waals surface area contributed by atoms with Crippen molar-refractivity contribution in [1.82, 2.24) is 19.8 Å². The number of hydrogen-bond donors (Lipinski definition) is 4. The second-order valence-electron chi connectivity index (χ2n) is 4.77. The molecule has 1 aromatic rings. The molecular weight excluding hydrogens is 320 g/mol. The van der Waals surface area contributed by atoms with E-state index in [9.17, 15) is 9.59 Å². The number of aliphatic hydroxyl groups is 4. The van der Waals surface area contributed by atoms with Gasteiger partial charge in [-0.25, -0.2) is 9.97 Å². The van der Waals surface area contributed by atoms with Crippen molar-refractivity contribution >= 4 is 11.8 Å². The molecule has 1 aromatic heterocycles. The van der Waals surface area contributed by atoms with Gasteiger partial charge in [0.15, 0.2) is 0 Å². The van der Waals surface area contributed by atoms with Gasteiger partial charge in [-0.2, -0.15) is 0 Å². The van der Waals surface area contributed by atoms with E-state index in [0.29, 0.717) is 0 Å². The minimum Gasteiger partial charge on any atom is -0.395 e. The Labute approximate surface area is 139 Å². The third-order valence-corrected chi connectivity index (χ3v) is 3.14. The number of rotatable bonds is 10. The molecule has 1 rings (SSSR count). The maximum atomic E-state index is 12.2. The van der Waals surface area contributed by atoms with E-state index in [1.807, 2.05) is 0 Å². The van der Waals surface area contributed by atoms with Crippen LogP contribution >= 0.6 is 0 Å². The van der Waals surface area contributed by atoms with Gasteiger partial charge in [-0.3, -0.25) is 9.59 Å². The van der Waals surface area contributed by atoms with E-state index in [-0.39, 0.29) is 64.0 Å². The lowest BCUT2D eigenvalue weighted by Gasteiger charge is -2.21. The second-order valence-corrected chi connectivity index (χ2v) is 4.77. The van der Waals surface area contributed by atoms with Crippen LogP contribution in [0.5, 0.6) is 0 Å². The molecule has 0 atom stereocenters. The van der Waals surface area contributed by atoms with Crippen LogP contribution in [0.15, 0.2) is 12.4 Å². The average molecular weight is 342 g/mol. The van der Waals surface area contributed by atoms with Gasteiger partial charge in [0.05, 0.1) is 38.8 Å². The molecule has 0 radical (unpaired) electrons. The molecule has 0 unspecified atom stereocenters. The normalized spacial score (nSPS) is 10.5. The second kappa shape index (κ2) is 10.6. The van der Waals surface area contributed by atoms with Gasteiger partial charge in [-0.15, -0.1) is 0 Å². The predicted octanol–water partition coefficient (Wildman–Crippen LogP) is -2.67. The highest BCUT2D eigenvalue weighted by atomic mass is 16.3. The summed E-state index contributed by atoms with van der Waals surface area (Å²) in [5.74, 6) is -1.04. The van der Waals surface area contributed by atoms with Gasteiger partial charge in [0.1, 0.15) is 11.4 Å². The van der Waals surface area contributed by atoms with Crippen molar-refractivity contribution in [2.45, 2.75) is 0 Å². The van der Waals surface area contributed by atoms with E-state index < -0.39 is 11.8 Å². The summed E-state index contributed by atoms with van der Waals surface area (Å²) in [6, 6.07) is 0. The Morgan fingerprint density at radius 1 is 0.708 bits per heavy atom. The van der Waals surface area contributed by atoms with Crippen molar-refractivity contribution in [3.05, 3.63) is 23.8 Å². The van der Waals surface area contributed by atoms with Crippen LogP contribution in [0.4, 0.5) is 0 Å². The van der Waals surface area contributed by atoms with Crippen molar-refractivity contribution in [2.75, 3.05) is 52.6 Å². The van der Waals surface area contributed by atoms with Crippen LogP contribution in [-0.2, 0) is 0 Å². The van der Waals surface area contributed by atoms with Gasteiger partial charge in [0.25, 0.3) is 11.8 Å². The van der Waals surface area contributed by atoms with Crippen LogP contribution in [0, 0.1) is 0 Å². The molecule has 10 nitrogen and oxygen atoms in total. The molecule has 0 saturated carbocycles. The van der Waals surface area contributed by atoms with E-state index in [1.54, 1.807) is 0 Å². The lowest BCUT2D eigenvalue weighted by atomic mass is 10.3. The van der Waals surface area contributed by atoms with E-state index in [1.165, 1.54) is 9.80 Å². The van der Waals surface area contributed by atoms with E-state index in [0.717, 1.165) is 12.4 Å². The first kappa shape index (κ1) is 19.9. The van der Waals surface area contributed by atoms with Crippen molar-refractivity contribution in [3.63, 3.8) is 0 Å². The summed E-state index contributed by atoms with van der Waals surface area (Å²) in [6.07, 6.45) is 2.26. The highest BCUT2D eigenvalue weighted by molar-refractivity contribution is 5.94. The smallest absolute Gasteiger partial charge is 0.274 e. The molecule has 0 fully saturated rings. The third-order valence-electron chi connectivity index (χ3n) is 3.14. The number of nitrogens with zero attached hydrogens (tertiary/aromatic N) is 4. The molecule has 24 heavy (non-hydrogen) atoms. The molecule has 0 aliphatic rings. The van der Waals surface area contributed by atoms with Crippen LogP contribution in [0.1, 0.15) is 21.0 Å². The van der Waals surface area contributed by atoms with E-state index in [2.05, 4.69) is 9.97 Å². The fraction of sp³-hybridized carbons (Fsp3) is 0.571. The Balaban J connectivity index is 2.87. The zero-order valence-corrected chi connectivity index (χ0v) is 13.2. The first-order valence-corrected chi connectivity index (χ1v) is 7.43. The number of aliphatic hydroxyl groups excluding tert-OH is 4. The molecule has 10 heteroatoms. The monoisotopic (exact) mass is 342 g/mol. The predicted molar refractivity (Wildman–Crippen MR) is 82.2 cm³/mol. The SMILES string of the molecule is O=C(c1cnc(C(=O)N(CCO)CCO)cn1)N(CCO)CCO. The summed E-state index contributed by atoms with van der Waals surface area (Å²) in [5.41, 5.74) is -0.0476. The van der Waals surface area contributed by atoms with Gasteiger partial charge in [0, 0.05) is 26.2 Å². The number of carbonyl (C=O) groups excluding carboxylic acids is 2. The Bertz CT molecular complexity index is 466. The number of hydrogen-bond acceptors (Lipinski definition) is 8. The van der Waals surface area contributed by atoms with Crippen molar-refractivity contribution in [1.29, 1.82) is 0 Å². The molecule has 0 saturated heterocycles. The zero-order valence-electron chi connectivity index (χ0n) is 13.2. The molecule has 134 valence electrons. The largest absolute Gasteiger partial charge is 0.395 e. The van der Waals surface area contributed by atoms with Gasteiger partial charge < -0.3 is 30.2 Å². The minimum atomic E-state index is -0.521. The van der Waals surface area contributed by atoms with Crippen molar-refractivity contribution in [3.8, 4) is 0 Å². The van der Waals surface area contributed by atoms with Gasteiger partial charge in [0.2, 0.25) is 0 Å². The number of aromatic nitrogens is 2. The minimum absolute atomic E-state index is 0.0238. The Morgan fingerprint density at radius 2 is 1.00 bits per heavy atom. The lowest BCUT2D eigenvalue weighted by molar-refractivity contribution is 0.0666. The Morgan fingerprint density at radius 3 is 1.21 bits per heavy atom. The molecule has 0 aromatic carbocycles.